The highest BCUT2D eigenvalue weighted by Gasteiger charge is 2.16. The molecule has 2 heterocycles. The fourth-order valence-corrected chi connectivity index (χ4v) is 5.97. The van der Waals surface area contributed by atoms with E-state index in [0.29, 0.717) is 33.6 Å². The summed E-state index contributed by atoms with van der Waals surface area (Å²) in [5.41, 5.74) is 1.75. The van der Waals surface area contributed by atoms with Crippen molar-refractivity contribution in [2.75, 3.05) is 11.5 Å². The zero-order chi connectivity index (χ0) is 26.8. The molecule has 4 rings (SSSR count). The van der Waals surface area contributed by atoms with Gasteiger partial charge < -0.3 is 9.97 Å². The molecule has 0 aliphatic carbocycles. The number of unbranched alkanes of at least 4 members (excludes halogenated alkanes) is 2. The number of nitrogens with zero attached hydrogens (tertiary/aromatic N) is 2. The van der Waals surface area contributed by atoms with Crippen molar-refractivity contribution in [3.63, 3.8) is 0 Å². The maximum atomic E-state index is 12.4. The van der Waals surface area contributed by atoms with Crippen LogP contribution in [-0.4, -0.2) is 58.5 Å². The highest BCUT2D eigenvalue weighted by atomic mass is 32.2. The molecule has 2 aromatic carbocycles. The normalized spacial score (nSPS) is 12.4. The molecule has 0 atom stereocenters. The first kappa shape index (κ1) is 27.3. The van der Waals surface area contributed by atoms with Crippen LogP contribution in [0.25, 0.3) is 22.1 Å². The molecule has 0 spiro atoms. The lowest BCUT2D eigenvalue weighted by molar-refractivity contribution is 0.107. The Hall–Kier alpha value is -2.76. The van der Waals surface area contributed by atoms with Gasteiger partial charge in [0.25, 0.3) is 10.2 Å². The van der Waals surface area contributed by atoms with Crippen LogP contribution in [-0.2, 0) is 20.0 Å². The number of carbonyl (C=O) groups is 2. The van der Waals surface area contributed by atoms with E-state index in [9.17, 15) is 26.4 Å². The third-order valence-electron chi connectivity index (χ3n) is 5.21. The summed E-state index contributed by atoms with van der Waals surface area (Å²) in [6.45, 7) is 0. The van der Waals surface area contributed by atoms with E-state index >= 15 is 0 Å². The third-order valence-corrected chi connectivity index (χ3v) is 8.93. The lowest BCUT2D eigenvalue weighted by atomic mass is 10.3. The van der Waals surface area contributed by atoms with Gasteiger partial charge in [-0.05, 0) is 49.2 Å². The van der Waals surface area contributed by atoms with Gasteiger partial charge >= 0.3 is 0 Å². The molecular formula is C21H22N6O6S4. The van der Waals surface area contributed by atoms with Gasteiger partial charge in [0.05, 0.1) is 31.9 Å². The minimum absolute atomic E-state index is 0.0778. The van der Waals surface area contributed by atoms with Gasteiger partial charge in [0.2, 0.25) is 20.0 Å². The number of sulfonamides is 2. The second-order valence-corrected chi connectivity index (χ2v) is 13.2. The zero-order valence-corrected chi connectivity index (χ0v) is 22.4. The smallest absolute Gasteiger partial charge is 0.254 e. The molecule has 0 radical (unpaired) electrons. The molecule has 2 aromatic heterocycles. The summed E-state index contributed by atoms with van der Waals surface area (Å²) < 4.78 is 45.9. The second-order valence-electron chi connectivity index (χ2n) is 7.95. The van der Waals surface area contributed by atoms with Crippen LogP contribution in [0.2, 0.25) is 0 Å². The predicted molar refractivity (Wildman–Crippen MR) is 142 cm³/mol. The number of imidazole rings is 2. The van der Waals surface area contributed by atoms with E-state index in [1.807, 2.05) is 0 Å². The SMILES string of the molecule is NS(=O)(=O)c1ccc2[nH]c(C(=O)SCCCCCSC(=O)c3nc4cc(S(N)(=O)=O)ccc4[nH]3)nc2c1. The number of nitrogens with two attached hydrogens (primary N) is 2. The summed E-state index contributed by atoms with van der Waals surface area (Å²) in [6, 6.07) is 8.34. The quantitative estimate of drug-likeness (QED) is 0.200. The number of hydrogen-bond donors (Lipinski definition) is 4. The van der Waals surface area contributed by atoms with Crippen LogP contribution in [0.4, 0.5) is 0 Å². The maximum Gasteiger partial charge on any atom is 0.254 e. The highest BCUT2D eigenvalue weighted by Crippen LogP contribution is 2.21. The number of thioether (sulfide) groups is 2. The summed E-state index contributed by atoms with van der Waals surface area (Å²) in [7, 11) is -7.72. The summed E-state index contributed by atoms with van der Waals surface area (Å²) in [5.74, 6) is 1.39. The largest absolute Gasteiger partial charge is 0.335 e. The predicted octanol–water partition coefficient (Wildman–Crippen LogP) is 2.35. The summed E-state index contributed by atoms with van der Waals surface area (Å²) >= 11 is 2.21. The molecule has 196 valence electrons. The Morgan fingerprint density at radius 2 is 1.11 bits per heavy atom. The Balaban J connectivity index is 1.19. The first-order valence-corrected chi connectivity index (χ1v) is 15.9. The van der Waals surface area contributed by atoms with Crippen LogP contribution in [0.15, 0.2) is 46.2 Å². The van der Waals surface area contributed by atoms with Gasteiger partial charge in [0, 0.05) is 11.5 Å². The van der Waals surface area contributed by atoms with Crippen molar-refractivity contribution in [3.8, 4) is 0 Å². The van der Waals surface area contributed by atoms with Crippen LogP contribution in [0, 0.1) is 0 Å². The molecule has 16 heteroatoms. The van der Waals surface area contributed by atoms with E-state index in [4.69, 9.17) is 10.3 Å². The molecule has 0 unspecified atom stereocenters. The van der Waals surface area contributed by atoms with Gasteiger partial charge in [-0.1, -0.05) is 29.9 Å². The molecule has 0 amide bonds. The Kier molecular flexibility index (Phi) is 8.05. The van der Waals surface area contributed by atoms with Crippen molar-refractivity contribution in [1.82, 2.24) is 19.9 Å². The number of nitrogens with one attached hydrogen (secondary N) is 2. The van der Waals surface area contributed by atoms with E-state index in [2.05, 4.69) is 19.9 Å². The first-order valence-electron chi connectivity index (χ1n) is 10.8. The standard InChI is InChI=1S/C21H22N6O6S4/c22-36(30,31)12-4-6-14-16(10-12)26-18(24-14)20(28)34-8-2-1-3-9-35-21(29)19-25-15-7-5-13(37(23,32)33)11-17(15)27-19/h4-7,10-11H,1-3,8-9H2,(H,24,26)(H,25,27)(H2,22,30,31)(H2,23,32,33). The van der Waals surface area contributed by atoms with Crippen molar-refractivity contribution in [2.24, 2.45) is 10.3 Å². The maximum absolute atomic E-state index is 12.4. The molecule has 0 saturated carbocycles. The highest BCUT2D eigenvalue weighted by molar-refractivity contribution is 8.14. The molecule has 0 bridgehead atoms. The molecule has 12 nitrogen and oxygen atoms in total. The second kappa shape index (κ2) is 10.9. The Labute approximate surface area is 220 Å². The Morgan fingerprint density at radius 1 is 0.703 bits per heavy atom. The lowest BCUT2D eigenvalue weighted by Crippen LogP contribution is -2.11. The molecular weight excluding hydrogens is 561 g/mol. The van der Waals surface area contributed by atoms with Crippen molar-refractivity contribution in [1.29, 1.82) is 0 Å². The summed E-state index contributed by atoms with van der Waals surface area (Å²) in [6.07, 6.45) is 2.31. The molecule has 0 fully saturated rings. The van der Waals surface area contributed by atoms with Gasteiger partial charge in [-0.25, -0.2) is 37.1 Å². The van der Waals surface area contributed by atoms with Crippen molar-refractivity contribution in [3.05, 3.63) is 48.0 Å². The Bertz CT molecular complexity index is 1590. The first-order chi connectivity index (χ1) is 17.4. The Morgan fingerprint density at radius 3 is 1.49 bits per heavy atom. The summed E-state index contributed by atoms with van der Waals surface area (Å²) in [4.78, 5) is 38.7. The van der Waals surface area contributed by atoms with Crippen molar-refractivity contribution < 1.29 is 26.4 Å². The number of primary sulfonamides is 2. The van der Waals surface area contributed by atoms with Gasteiger partial charge in [-0.3, -0.25) is 9.59 Å². The number of H-pyrrole nitrogens is 2. The van der Waals surface area contributed by atoms with Crippen LogP contribution >= 0.6 is 23.5 Å². The number of carbonyl (C=O) groups excluding carboxylic acids is 2. The van der Waals surface area contributed by atoms with Crippen molar-refractivity contribution >= 4 is 75.9 Å². The zero-order valence-electron chi connectivity index (χ0n) is 19.1. The van der Waals surface area contributed by atoms with Crippen molar-refractivity contribution in [2.45, 2.75) is 29.1 Å². The minimum atomic E-state index is -3.86. The van der Waals surface area contributed by atoms with E-state index in [0.717, 1.165) is 42.8 Å². The number of benzene rings is 2. The number of aromatic amines is 2. The number of hydrogen-bond acceptors (Lipinski definition) is 10. The number of fused-ring (bicyclic) bond motifs is 2. The fraction of sp³-hybridized carbons (Fsp3) is 0.238. The van der Waals surface area contributed by atoms with Gasteiger partial charge in [-0.2, -0.15) is 0 Å². The molecule has 0 saturated heterocycles. The molecule has 37 heavy (non-hydrogen) atoms. The van der Waals surface area contributed by atoms with Crippen LogP contribution in [0.5, 0.6) is 0 Å². The topological polar surface area (TPSA) is 212 Å². The average molecular weight is 583 g/mol. The van der Waals surface area contributed by atoms with Gasteiger partial charge in [0.15, 0.2) is 11.6 Å². The summed E-state index contributed by atoms with van der Waals surface area (Å²) in [5, 5.41) is 9.74. The molecule has 4 aromatic rings. The minimum Gasteiger partial charge on any atom is -0.335 e. The monoisotopic (exact) mass is 582 g/mol. The van der Waals surface area contributed by atoms with E-state index in [-0.39, 0.29) is 31.7 Å². The number of rotatable bonds is 10. The molecule has 0 aliphatic rings. The molecule has 6 N–H and O–H groups in total. The molecule has 0 aliphatic heterocycles. The van der Waals surface area contributed by atoms with Gasteiger partial charge in [-0.15, -0.1) is 0 Å². The average Bonchev–Trinajstić information content (AvgIpc) is 3.45. The van der Waals surface area contributed by atoms with E-state index < -0.39 is 20.0 Å². The van der Waals surface area contributed by atoms with Crippen LogP contribution in [0.1, 0.15) is 40.5 Å². The van der Waals surface area contributed by atoms with Crippen LogP contribution < -0.4 is 10.3 Å². The van der Waals surface area contributed by atoms with Crippen LogP contribution in [0.3, 0.4) is 0 Å². The van der Waals surface area contributed by atoms with E-state index in [1.165, 1.54) is 36.4 Å². The lowest BCUT2D eigenvalue weighted by Gasteiger charge is -2.00. The fourth-order valence-electron chi connectivity index (χ4n) is 3.37. The van der Waals surface area contributed by atoms with E-state index in [1.54, 1.807) is 0 Å². The third kappa shape index (κ3) is 6.77. The van der Waals surface area contributed by atoms with Gasteiger partial charge in [0.1, 0.15) is 0 Å². The number of aromatic nitrogens is 4.